The summed E-state index contributed by atoms with van der Waals surface area (Å²) in [5, 5.41) is 5.59. The van der Waals surface area contributed by atoms with Crippen LogP contribution in [0.25, 0.3) is 21.5 Å². The topological polar surface area (TPSA) is 0 Å². The predicted octanol–water partition coefficient (Wildman–Crippen LogP) is 15.2. The Morgan fingerprint density at radius 2 is 0.863 bits per heavy atom. The van der Waals surface area contributed by atoms with E-state index in [1.807, 2.05) is 0 Å². The molecule has 0 radical (unpaired) electrons. The second-order valence-corrected chi connectivity index (χ2v) is 23.7. The van der Waals surface area contributed by atoms with Crippen LogP contribution in [0.15, 0.2) is 48.5 Å². The van der Waals surface area contributed by atoms with Crippen molar-refractivity contribution in [2.24, 2.45) is 0 Å². The summed E-state index contributed by atoms with van der Waals surface area (Å²) in [6, 6.07) is 20.6. The molecule has 1 aliphatic carbocycles. The molecule has 0 N–H and O–H groups in total. The van der Waals surface area contributed by atoms with Crippen molar-refractivity contribution in [2.45, 2.75) is 194 Å². The van der Waals surface area contributed by atoms with Crippen LogP contribution in [0, 0.1) is 0 Å². The van der Waals surface area contributed by atoms with E-state index in [9.17, 15) is 0 Å². The van der Waals surface area contributed by atoms with Gasteiger partial charge in [-0.3, -0.25) is 0 Å². The van der Waals surface area contributed by atoms with E-state index < -0.39 is 0 Å². The molecule has 1 heteroatoms. The highest BCUT2D eigenvalue weighted by molar-refractivity contribution is 7.18. The molecule has 1 saturated carbocycles. The van der Waals surface area contributed by atoms with E-state index in [1.165, 1.54) is 80.6 Å². The van der Waals surface area contributed by atoms with Gasteiger partial charge >= 0.3 is 0 Å². The highest BCUT2D eigenvalue weighted by Gasteiger charge is 2.44. The summed E-state index contributed by atoms with van der Waals surface area (Å²) in [5.41, 5.74) is 12.2. The lowest BCUT2D eigenvalue weighted by Gasteiger charge is -2.46. The molecule has 0 aliphatic heterocycles. The van der Waals surface area contributed by atoms with Crippen LogP contribution in [-0.2, 0) is 37.6 Å². The first-order chi connectivity index (χ1) is 22.9. The second-order valence-electron chi connectivity index (χ2n) is 22.7. The van der Waals surface area contributed by atoms with Gasteiger partial charge in [0.25, 0.3) is 0 Å². The minimum Gasteiger partial charge on any atom is -0.126 e. The third-order valence-electron chi connectivity index (χ3n) is 12.0. The van der Waals surface area contributed by atoms with Crippen molar-refractivity contribution in [1.82, 2.24) is 0 Å². The Bertz CT molecular complexity index is 1940. The summed E-state index contributed by atoms with van der Waals surface area (Å²) in [6.45, 7) is 43.1. The Morgan fingerprint density at radius 3 is 1.27 bits per heavy atom. The van der Waals surface area contributed by atoms with Gasteiger partial charge in [-0.1, -0.05) is 180 Å². The molecule has 278 valence electrons. The Balaban J connectivity index is 1.90. The fourth-order valence-electron chi connectivity index (χ4n) is 8.84. The van der Waals surface area contributed by atoms with Gasteiger partial charge in [-0.05, 0) is 123 Å². The summed E-state index contributed by atoms with van der Waals surface area (Å²) >= 11 is 0. The first-order valence-electron chi connectivity index (χ1n) is 20.0. The first kappa shape index (κ1) is 40.0. The SMILES string of the molecule is CC(C)(C)c1cc(C(C)(C)C)c2cc(C3CCCCC3(P)c3cc4c(C(C)(C)C)cc(C(C)(C)C)cc4cc3C(C)(C)C)c(C(C)(C)C)cc2c1. The molecular formula is C50H73P. The molecule has 0 heterocycles. The van der Waals surface area contributed by atoms with Crippen molar-refractivity contribution >= 4 is 30.8 Å². The average molecular weight is 705 g/mol. The molecule has 5 rings (SSSR count). The minimum absolute atomic E-state index is 0.00767. The first-order valence-corrected chi connectivity index (χ1v) is 20.6. The van der Waals surface area contributed by atoms with Crippen LogP contribution < -0.4 is 0 Å². The largest absolute Gasteiger partial charge is 0.126 e. The maximum Gasteiger partial charge on any atom is 0.0169 e. The van der Waals surface area contributed by atoms with Gasteiger partial charge in [0, 0.05) is 5.16 Å². The normalized spacial score (nSPS) is 20.0. The van der Waals surface area contributed by atoms with E-state index in [2.05, 4.69) is 182 Å². The van der Waals surface area contributed by atoms with Gasteiger partial charge in [-0.2, -0.15) is 0 Å². The zero-order valence-corrected chi connectivity index (χ0v) is 37.3. The van der Waals surface area contributed by atoms with Crippen LogP contribution in [0.5, 0.6) is 0 Å². The monoisotopic (exact) mass is 705 g/mol. The average Bonchev–Trinajstić information content (AvgIpc) is 2.96. The number of fused-ring (bicyclic) bond motifs is 2. The lowest BCUT2D eigenvalue weighted by molar-refractivity contribution is 0.342. The molecule has 1 fully saturated rings. The number of rotatable bonds is 2. The van der Waals surface area contributed by atoms with Crippen LogP contribution in [0.3, 0.4) is 0 Å². The number of hydrogen-bond donors (Lipinski definition) is 0. The van der Waals surface area contributed by atoms with Crippen molar-refractivity contribution in [3.8, 4) is 0 Å². The van der Waals surface area contributed by atoms with Crippen LogP contribution >= 0.6 is 9.24 Å². The third-order valence-corrected chi connectivity index (χ3v) is 13.0. The Morgan fingerprint density at radius 1 is 0.451 bits per heavy atom. The van der Waals surface area contributed by atoms with E-state index in [-0.39, 0.29) is 37.6 Å². The summed E-state index contributed by atoms with van der Waals surface area (Å²) in [6.07, 6.45) is 4.92. The molecule has 0 aromatic heterocycles. The van der Waals surface area contributed by atoms with Crippen molar-refractivity contribution in [3.63, 3.8) is 0 Å². The maximum absolute atomic E-state index is 3.57. The summed E-state index contributed by atoms with van der Waals surface area (Å²) < 4.78 is 0. The van der Waals surface area contributed by atoms with Gasteiger partial charge in [0.2, 0.25) is 0 Å². The van der Waals surface area contributed by atoms with E-state index in [0.29, 0.717) is 5.92 Å². The molecule has 1 aliphatic rings. The van der Waals surface area contributed by atoms with E-state index >= 15 is 0 Å². The molecule has 3 atom stereocenters. The molecule has 4 aromatic carbocycles. The van der Waals surface area contributed by atoms with Crippen molar-refractivity contribution in [2.75, 3.05) is 0 Å². The van der Waals surface area contributed by atoms with Crippen LogP contribution in [0.4, 0.5) is 0 Å². The fourth-order valence-corrected chi connectivity index (χ4v) is 9.63. The Kier molecular flexibility index (Phi) is 9.98. The van der Waals surface area contributed by atoms with E-state index in [1.54, 1.807) is 11.1 Å². The van der Waals surface area contributed by atoms with Gasteiger partial charge in [0.05, 0.1) is 0 Å². The van der Waals surface area contributed by atoms with Crippen molar-refractivity contribution in [3.05, 3.63) is 93.0 Å². The number of benzene rings is 4. The molecule has 0 saturated heterocycles. The fraction of sp³-hybridized carbons (Fsp3) is 0.600. The Hall–Kier alpha value is -2.17. The zero-order chi connectivity index (χ0) is 38.5. The lowest BCUT2D eigenvalue weighted by Crippen LogP contribution is -2.35. The molecule has 0 spiro atoms. The Labute approximate surface area is 316 Å². The second kappa shape index (κ2) is 12.7. The summed E-state index contributed by atoms with van der Waals surface area (Å²) in [7, 11) is 3.57. The highest BCUT2D eigenvalue weighted by atomic mass is 31.0. The van der Waals surface area contributed by atoms with Gasteiger partial charge in [0.15, 0.2) is 0 Å². The molecule has 0 bridgehead atoms. The third kappa shape index (κ3) is 7.75. The van der Waals surface area contributed by atoms with Gasteiger partial charge in [-0.25, -0.2) is 0 Å². The van der Waals surface area contributed by atoms with Crippen LogP contribution in [0.1, 0.15) is 201 Å². The molecule has 4 aromatic rings. The van der Waals surface area contributed by atoms with Crippen molar-refractivity contribution in [1.29, 1.82) is 0 Å². The minimum atomic E-state index is -0.0756. The molecule has 3 unspecified atom stereocenters. The summed E-state index contributed by atoms with van der Waals surface area (Å²) in [5.74, 6) is 0.399. The van der Waals surface area contributed by atoms with Crippen molar-refractivity contribution < 1.29 is 0 Å². The van der Waals surface area contributed by atoms with Gasteiger partial charge in [0.1, 0.15) is 0 Å². The molecule has 0 nitrogen and oxygen atoms in total. The quantitative estimate of drug-likeness (QED) is 0.182. The molecule has 51 heavy (non-hydrogen) atoms. The van der Waals surface area contributed by atoms with E-state index in [4.69, 9.17) is 0 Å². The van der Waals surface area contributed by atoms with Gasteiger partial charge in [-0.15, -0.1) is 9.24 Å². The maximum atomic E-state index is 3.57. The smallest absolute Gasteiger partial charge is 0.0169 e. The molecular weight excluding hydrogens is 632 g/mol. The summed E-state index contributed by atoms with van der Waals surface area (Å²) in [4.78, 5) is 0. The highest BCUT2D eigenvalue weighted by Crippen LogP contribution is 2.58. The van der Waals surface area contributed by atoms with Crippen LogP contribution in [0.2, 0.25) is 0 Å². The number of hydrogen-bond acceptors (Lipinski definition) is 0. The predicted molar refractivity (Wildman–Crippen MR) is 233 cm³/mol. The van der Waals surface area contributed by atoms with Crippen LogP contribution in [-0.4, -0.2) is 0 Å². The van der Waals surface area contributed by atoms with Gasteiger partial charge < -0.3 is 0 Å². The van der Waals surface area contributed by atoms with E-state index in [0.717, 1.165) is 0 Å². The zero-order valence-electron chi connectivity index (χ0n) is 36.1. The molecule has 0 amide bonds. The lowest BCUT2D eigenvalue weighted by atomic mass is 9.64. The standard InChI is InChI=1S/C50H73P/c1-44(2,3)33-23-31-25-39(46(7,8)9)37(29-35(31)40(27-33)47(10,11)12)38-21-19-20-22-50(38,51)43-30-36-32(26-42(43)49(16,17)18)24-34(45(4,5)6)28-41(36)48(13,14)15/h23-30,38H,19-22,51H2,1-18H3.